The Kier molecular flexibility index (Phi) is 5.91. The van der Waals surface area contributed by atoms with Gasteiger partial charge in [-0.2, -0.15) is 0 Å². The van der Waals surface area contributed by atoms with Crippen molar-refractivity contribution in [1.29, 1.82) is 0 Å². The molecule has 1 aromatic carbocycles. The number of piperidine rings is 1. The monoisotopic (exact) mass is 345 g/mol. The molecule has 0 bridgehead atoms. The minimum absolute atomic E-state index is 0.0213. The number of nitrogens with zero attached hydrogens (tertiary/aromatic N) is 1. The maximum atomic E-state index is 12.2. The van der Waals surface area contributed by atoms with Crippen LogP contribution in [0.3, 0.4) is 0 Å². The molecular weight excluding hydrogens is 318 g/mol. The smallest absolute Gasteiger partial charge is 0.227 e. The molecule has 2 amide bonds. The maximum Gasteiger partial charge on any atom is 0.227 e. The van der Waals surface area contributed by atoms with E-state index in [1.807, 2.05) is 18.2 Å². The van der Waals surface area contributed by atoms with Gasteiger partial charge in [-0.3, -0.25) is 9.59 Å². The Morgan fingerprint density at radius 1 is 1.40 bits per heavy atom. The zero-order chi connectivity index (χ0) is 17.6. The van der Waals surface area contributed by atoms with Crippen LogP contribution in [0.4, 0.5) is 11.4 Å². The van der Waals surface area contributed by atoms with Crippen LogP contribution in [0.15, 0.2) is 18.2 Å². The van der Waals surface area contributed by atoms with Crippen LogP contribution in [0.2, 0.25) is 0 Å². The van der Waals surface area contributed by atoms with Crippen LogP contribution in [0.25, 0.3) is 0 Å². The van der Waals surface area contributed by atoms with Gasteiger partial charge in [0.15, 0.2) is 0 Å². The number of carbonyl (C=O) groups excluding carboxylic acids is 2. The van der Waals surface area contributed by atoms with E-state index >= 15 is 0 Å². The number of hydrogen-bond donors (Lipinski definition) is 2. The Morgan fingerprint density at radius 2 is 2.28 bits per heavy atom. The molecule has 1 unspecified atom stereocenters. The second kappa shape index (κ2) is 8.34. The number of amides is 2. The molecule has 2 N–H and O–H groups in total. The molecule has 6 nitrogen and oxygen atoms in total. The molecule has 0 aliphatic carbocycles. The van der Waals surface area contributed by atoms with Crippen LogP contribution in [0.5, 0.6) is 5.75 Å². The van der Waals surface area contributed by atoms with Crippen molar-refractivity contribution >= 4 is 23.2 Å². The summed E-state index contributed by atoms with van der Waals surface area (Å²) in [6, 6.07) is 5.48. The van der Waals surface area contributed by atoms with Gasteiger partial charge in [0.2, 0.25) is 11.8 Å². The highest BCUT2D eigenvalue weighted by Gasteiger charge is 2.23. The Balaban J connectivity index is 1.66. The van der Waals surface area contributed by atoms with E-state index in [0.717, 1.165) is 44.5 Å². The summed E-state index contributed by atoms with van der Waals surface area (Å²) < 4.78 is 5.41. The van der Waals surface area contributed by atoms with Crippen molar-refractivity contribution in [3.05, 3.63) is 18.2 Å². The van der Waals surface area contributed by atoms with Crippen LogP contribution < -0.4 is 20.3 Å². The van der Waals surface area contributed by atoms with E-state index in [0.29, 0.717) is 36.7 Å². The minimum atomic E-state index is 0.0213. The van der Waals surface area contributed by atoms with E-state index in [1.54, 1.807) is 12.0 Å². The largest absolute Gasteiger partial charge is 0.495 e. The summed E-state index contributed by atoms with van der Waals surface area (Å²) in [6.45, 7) is 2.76. The molecule has 2 heterocycles. The topological polar surface area (TPSA) is 70.7 Å². The molecule has 0 saturated carbocycles. The lowest BCUT2D eigenvalue weighted by molar-refractivity contribution is -0.119. The average Bonchev–Trinajstić information content (AvgIpc) is 3.14. The summed E-state index contributed by atoms with van der Waals surface area (Å²) in [7, 11) is 1.60. The highest BCUT2D eigenvalue weighted by atomic mass is 16.5. The molecule has 2 aliphatic rings. The van der Waals surface area contributed by atoms with Crippen molar-refractivity contribution in [3.63, 3.8) is 0 Å². The number of nitrogens with one attached hydrogen (secondary N) is 2. The summed E-state index contributed by atoms with van der Waals surface area (Å²) in [5, 5.41) is 6.28. The van der Waals surface area contributed by atoms with Gasteiger partial charge in [0, 0.05) is 25.1 Å². The number of methoxy groups -OCH3 is 1. The van der Waals surface area contributed by atoms with E-state index in [1.165, 1.54) is 0 Å². The average molecular weight is 345 g/mol. The van der Waals surface area contributed by atoms with Crippen molar-refractivity contribution in [2.24, 2.45) is 5.92 Å². The molecule has 6 heteroatoms. The molecule has 25 heavy (non-hydrogen) atoms. The first-order chi connectivity index (χ1) is 12.2. The fourth-order valence-electron chi connectivity index (χ4n) is 3.56. The summed E-state index contributed by atoms with van der Waals surface area (Å²) in [5.41, 5.74) is 1.45. The Labute approximate surface area is 148 Å². The molecule has 2 saturated heterocycles. The van der Waals surface area contributed by atoms with E-state index in [4.69, 9.17) is 4.74 Å². The first kappa shape index (κ1) is 17.7. The van der Waals surface area contributed by atoms with Crippen molar-refractivity contribution in [2.75, 3.05) is 37.0 Å². The number of benzene rings is 1. The van der Waals surface area contributed by atoms with Crippen molar-refractivity contribution in [1.82, 2.24) is 5.32 Å². The zero-order valence-corrected chi connectivity index (χ0v) is 14.8. The number of rotatable bonds is 6. The van der Waals surface area contributed by atoms with Gasteiger partial charge in [-0.1, -0.05) is 0 Å². The van der Waals surface area contributed by atoms with Crippen LogP contribution in [0.1, 0.15) is 38.5 Å². The molecule has 2 fully saturated rings. The second-order valence-corrected chi connectivity index (χ2v) is 6.83. The van der Waals surface area contributed by atoms with Gasteiger partial charge in [-0.15, -0.1) is 0 Å². The fraction of sp³-hybridized carbons (Fsp3) is 0.579. The van der Waals surface area contributed by atoms with Gasteiger partial charge in [0.25, 0.3) is 0 Å². The summed E-state index contributed by atoms with van der Waals surface area (Å²) in [5.74, 6) is 1.39. The van der Waals surface area contributed by atoms with Crippen molar-refractivity contribution < 1.29 is 14.3 Å². The lowest BCUT2D eigenvalue weighted by atomic mass is 10.0. The Bertz CT molecular complexity index is 626. The highest BCUT2D eigenvalue weighted by molar-refractivity contribution is 5.97. The van der Waals surface area contributed by atoms with Gasteiger partial charge in [-0.25, -0.2) is 0 Å². The third-order valence-electron chi connectivity index (χ3n) is 5.02. The number of hydrogen-bond acceptors (Lipinski definition) is 4. The Morgan fingerprint density at radius 3 is 3.00 bits per heavy atom. The second-order valence-electron chi connectivity index (χ2n) is 6.83. The van der Waals surface area contributed by atoms with Gasteiger partial charge >= 0.3 is 0 Å². The van der Waals surface area contributed by atoms with E-state index in [2.05, 4.69) is 10.6 Å². The van der Waals surface area contributed by atoms with Crippen LogP contribution in [0, 0.1) is 5.92 Å². The van der Waals surface area contributed by atoms with Gasteiger partial charge in [0.05, 0.1) is 12.8 Å². The highest BCUT2D eigenvalue weighted by Crippen LogP contribution is 2.33. The lowest BCUT2D eigenvalue weighted by Gasteiger charge is -2.28. The first-order valence-corrected chi connectivity index (χ1v) is 9.16. The predicted octanol–water partition coefficient (Wildman–Crippen LogP) is 2.54. The molecule has 1 aromatic rings. The number of ether oxygens (including phenoxy) is 1. The van der Waals surface area contributed by atoms with Crippen molar-refractivity contribution in [3.8, 4) is 5.75 Å². The SMILES string of the molecule is COc1ccc(NC(=O)CCC2CCNC2)cc1N1CCCCC1=O. The number of anilines is 2. The van der Waals surface area contributed by atoms with Gasteiger partial charge in [-0.05, 0) is 62.9 Å². The quantitative estimate of drug-likeness (QED) is 0.831. The summed E-state index contributed by atoms with van der Waals surface area (Å²) in [4.78, 5) is 26.2. The molecule has 1 atom stereocenters. The number of carbonyl (C=O) groups is 2. The van der Waals surface area contributed by atoms with E-state index in [9.17, 15) is 9.59 Å². The zero-order valence-electron chi connectivity index (χ0n) is 14.8. The third kappa shape index (κ3) is 4.51. The standard InChI is InChI=1S/C19H27N3O3/c1-25-17-7-6-15(12-16(17)22-11-3-2-4-19(22)24)21-18(23)8-5-14-9-10-20-13-14/h6-7,12,14,20H,2-5,8-11,13H2,1H3,(H,21,23). The maximum absolute atomic E-state index is 12.2. The molecule has 0 spiro atoms. The normalized spacial score (nSPS) is 20.6. The van der Waals surface area contributed by atoms with Gasteiger partial charge in [0.1, 0.15) is 5.75 Å². The molecule has 3 rings (SSSR count). The van der Waals surface area contributed by atoms with Crippen LogP contribution in [-0.4, -0.2) is 38.6 Å². The van der Waals surface area contributed by atoms with E-state index < -0.39 is 0 Å². The minimum Gasteiger partial charge on any atom is -0.495 e. The van der Waals surface area contributed by atoms with Crippen LogP contribution in [-0.2, 0) is 9.59 Å². The van der Waals surface area contributed by atoms with E-state index in [-0.39, 0.29) is 11.8 Å². The van der Waals surface area contributed by atoms with Crippen molar-refractivity contribution in [2.45, 2.75) is 38.5 Å². The molecule has 0 aromatic heterocycles. The predicted molar refractivity (Wildman–Crippen MR) is 98.0 cm³/mol. The van der Waals surface area contributed by atoms with Gasteiger partial charge < -0.3 is 20.3 Å². The molecule has 0 radical (unpaired) electrons. The van der Waals surface area contributed by atoms with Crippen LogP contribution >= 0.6 is 0 Å². The summed E-state index contributed by atoms with van der Waals surface area (Å²) >= 11 is 0. The molecule has 2 aliphatic heterocycles. The lowest BCUT2D eigenvalue weighted by Crippen LogP contribution is -2.35. The molecule has 136 valence electrons. The molecular formula is C19H27N3O3. The Hall–Kier alpha value is -2.08. The first-order valence-electron chi connectivity index (χ1n) is 9.16. The third-order valence-corrected chi connectivity index (χ3v) is 5.02. The fourth-order valence-corrected chi connectivity index (χ4v) is 3.56. The summed E-state index contributed by atoms with van der Waals surface area (Å²) in [6.07, 6.45) is 5.07.